The Balaban J connectivity index is 0.915. The lowest BCUT2D eigenvalue weighted by Gasteiger charge is -2.50. The molecule has 12 heteroatoms. The number of nitrogens with zero attached hydrogens (tertiary/aromatic N) is 3. The number of amides is 1. The molecule has 1 unspecified atom stereocenters. The Morgan fingerprint density at radius 1 is 1.00 bits per heavy atom. The zero-order valence-corrected chi connectivity index (χ0v) is 29.6. The van der Waals surface area contributed by atoms with Crippen LogP contribution in [0.3, 0.4) is 0 Å². The molecule has 0 saturated carbocycles. The molecule has 4 aromatic rings. The van der Waals surface area contributed by atoms with Crippen molar-refractivity contribution >= 4 is 17.0 Å². The van der Waals surface area contributed by atoms with E-state index in [2.05, 4.69) is 20.2 Å². The highest BCUT2D eigenvalue weighted by Gasteiger charge is 2.43. The molecular formula is C40H50FN5O6. The van der Waals surface area contributed by atoms with Gasteiger partial charge in [0.05, 0.1) is 36.5 Å². The van der Waals surface area contributed by atoms with Gasteiger partial charge in [0.2, 0.25) is 5.56 Å². The summed E-state index contributed by atoms with van der Waals surface area (Å²) in [5.74, 6) is 0.416. The molecule has 3 aliphatic rings. The Labute approximate surface area is 303 Å². The van der Waals surface area contributed by atoms with Gasteiger partial charge in [-0.1, -0.05) is 50.3 Å². The molecule has 3 fully saturated rings. The summed E-state index contributed by atoms with van der Waals surface area (Å²) in [4.78, 5) is 35.4. The van der Waals surface area contributed by atoms with E-state index in [9.17, 15) is 29.3 Å². The number of ether oxygens (including phenoxy) is 1. The van der Waals surface area contributed by atoms with Gasteiger partial charge < -0.3 is 35.3 Å². The van der Waals surface area contributed by atoms with Gasteiger partial charge in [0.1, 0.15) is 17.3 Å². The number of aliphatic hydroxyl groups is 1. The lowest BCUT2D eigenvalue weighted by atomic mass is 9.81. The van der Waals surface area contributed by atoms with Crippen molar-refractivity contribution in [2.24, 2.45) is 5.92 Å². The number of hydrogen-bond donors (Lipinski definition) is 5. The summed E-state index contributed by atoms with van der Waals surface area (Å²) in [6.07, 6.45) is 10.8. The smallest absolute Gasteiger partial charge is 0.408 e. The van der Waals surface area contributed by atoms with Gasteiger partial charge >= 0.3 is 6.09 Å². The SMILES string of the molecule is O=C(O)N(C1CN2CCC1CC2)[C@H](c1cccc(F)c1)c1cncc(OCCCCCCCCCNC[C@H](O)c2ccc(O)c3[nH]c(=O)ccc23)c1. The number of fused-ring (bicyclic) bond motifs is 4. The minimum absolute atomic E-state index is 0.0240. The van der Waals surface area contributed by atoms with Gasteiger partial charge in [0.15, 0.2) is 0 Å². The maximum atomic E-state index is 14.5. The molecule has 3 atom stereocenters. The summed E-state index contributed by atoms with van der Waals surface area (Å²) in [6, 6.07) is 13.3. The van der Waals surface area contributed by atoms with E-state index in [1.54, 1.807) is 36.7 Å². The van der Waals surface area contributed by atoms with E-state index < -0.39 is 24.1 Å². The first-order chi connectivity index (χ1) is 25.3. The normalized spacial score (nSPS) is 19.4. The van der Waals surface area contributed by atoms with Crippen molar-refractivity contribution in [2.75, 3.05) is 39.3 Å². The van der Waals surface area contributed by atoms with Crippen LogP contribution < -0.4 is 15.6 Å². The van der Waals surface area contributed by atoms with Crippen LogP contribution in [0.25, 0.3) is 10.9 Å². The largest absolute Gasteiger partial charge is 0.506 e. The van der Waals surface area contributed by atoms with Crippen LogP contribution >= 0.6 is 0 Å². The number of aromatic amines is 1. The summed E-state index contributed by atoms with van der Waals surface area (Å²) in [7, 11) is 0. The number of rotatable bonds is 18. The predicted octanol–water partition coefficient (Wildman–Crippen LogP) is 6.36. The number of unbranched alkanes of at least 4 members (excludes halogenated alkanes) is 6. The first-order valence-corrected chi connectivity index (χ1v) is 18.6. The monoisotopic (exact) mass is 715 g/mol. The summed E-state index contributed by atoms with van der Waals surface area (Å²) in [6.45, 7) is 4.34. The van der Waals surface area contributed by atoms with Gasteiger partial charge in [-0.2, -0.15) is 0 Å². The molecule has 11 nitrogen and oxygen atoms in total. The summed E-state index contributed by atoms with van der Waals surface area (Å²) >= 11 is 0. The summed E-state index contributed by atoms with van der Waals surface area (Å²) in [5.41, 5.74) is 1.92. The van der Waals surface area contributed by atoms with Crippen molar-refractivity contribution in [3.05, 3.63) is 99.9 Å². The highest BCUT2D eigenvalue weighted by Crippen LogP contribution is 2.39. The molecule has 0 aliphatic carbocycles. The van der Waals surface area contributed by atoms with Crippen molar-refractivity contribution in [3.63, 3.8) is 0 Å². The summed E-state index contributed by atoms with van der Waals surface area (Å²) < 4.78 is 20.5. The molecule has 2 aromatic heterocycles. The quantitative estimate of drug-likeness (QED) is 0.0741. The first kappa shape index (κ1) is 37.2. The maximum Gasteiger partial charge on any atom is 0.408 e. The maximum absolute atomic E-state index is 14.5. The second-order valence-corrected chi connectivity index (χ2v) is 14.1. The van der Waals surface area contributed by atoms with E-state index in [1.807, 2.05) is 6.07 Å². The van der Waals surface area contributed by atoms with Crippen LogP contribution in [0.5, 0.6) is 11.5 Å². The lowest BCUT2D eigenvalue weighted by molar-refractivity contribution is -0.000892. The van der Waals surface area contributed by atoms with Crippen LogP contribution in [0.15, 0.2) is 71.8 Å². The van der Waals surface area contributed by atoms with Crippen LogP contribution in [0.2, 0.25) is 0 Å². The van der Waals surface area contributed by atoms with Crippen molar-refractivity contribution in [1.29, 1.82) is 0 Å². The van der Waals surface area contributed by atoms with Gasteiger partial charge in [-0.15, -0.1) is 0 Å². The van der Waals surface area contributed by atoms with E-state index in [1.165, 1.54) is 29.2 Å². The number of phenols is 1. The number of piperidine rings is 3. The van der Waals surface area contributed by atoms with Gasteiger partial charge in [0, 0.05) is 36.3 Å². The van der Waals surface area contributed by atoms with Crippen LogP contribution in [0.1, 0.15) is 86.6 Å². The molecule has 3 saturated heterocycles. The number of hydrogen-bond acceptors (Lipinski definition) is 8. The molecule has 2 aromatic carbocycles. The lowest BCUT2D eigenvalue weighted by Crippen LogP contribution is -2.59. The minimum Gasteiger partial charge on any atom is -0.506 e. The molecule has 5 N–H and O–H groups in total. The number of aromatic hydroxyl groups is 1. The first-order valence-electron chi connectivity index (χ1n) is 18.6. The fraction of sp³-hybridized carbons (Fsp3) is 0.475. The van der Waals surface area contributed by atoms with Crippen molar-refractivity contribution in [1.82, 2.24) is 25.1 Å². The second kappa shape index (κ2) is 17.8. The standard InChI is InChI=1S/C40H50FN5O6/c41-30-10-8-9-28(21-30)39(46(40(50)51)34-26-45-18-15-27(34)16-19-45)29-22-31(24-43-23-29)52-20-7-5-3-1-2-4-6-17-42-25-36(48)32-11-13-35(47)38-33(32)12-14-37(49)44-38/h8-14,21-24,27,34,36,39,42,47-48H,1-7,15-20,25-26H2,(H,44,49)(H,50,51)/t34?,36-,39+/m0/s1. The van der Waals surface area contributed by atoms with Crippen molar-refractivity contribution in [3.8, 4) is 11.5 Å². The Morgan fingerprint density at radius 3 is 2.50 bits per heavy atom. The van der Waals surface area contributed by atoms with E-state index >= 15 is 0 Å². The van der Waals surface area contributed by atoms with E-state index in [4.69, 9.17) is 4.74 Å². The number of H-pyrrole nitrogens is 1. The number of aromatic nitrogens is 2. The second-order valence-electron chi connectivity index (χ2n) is 14.1. The van der Waals surface area contributed by atoms with Gasteiger partial charge in [-0.3, -0.25) is 14.7 Å². The highest BCUT2D eigenvalue weighted by atomic mass is 19.1. The predicted molar refractivity (Wildman–Crippen MR) is 197 cm³/mol. The Bertz CT molecular complexity index is 1850. The molecule has 7 rings (SSSR count). The molecular weight excluding hydrogens is 665 g/mol. The fourth-order valence-corrected chi connectivity index (χ4v) is 7.87. The van der Waals surface area contributed by atoms with Crippen molar-refractivity contribution < 1.29 is 29.2 Å². The van der Waals surface area contributed by atoms with Gasteiger partial charge in [-0.25, -0.2) is 9.18 Å². The highest BCUT2D eigenvalue weighted by molar-refractivity contribution is 5.87. The molecule has 1 amide bonds. The number of aliphatic hydroxyl groups excluding tert-OH is 1. The fourth-order valence-electron chi connectivity index (χ4n) is 7.87. The van der Waals surface area contributed by atoms with Crippen LogP contribution in [-0.2, 0) is 0 Å². The third-order valence-electron chi connectivity index (χ3n) is 10.6. The topological polar surface area (TPSA) is 151 Å². The molecule has 0 spiro atoms. The Morgan fingerprint density at radius 2 is 1.77 bits per heavy atom. The number of carbonyl (C=O) groups is 1. The third kappa shape index (κ3) is 9.28. The third-order valence-corrected chi connectivity index (χ3v) is 10.6. The number of phenolic OH excluding ortho intramolecular Hbond substituents is 1. The number of benzene rings is 2. The summed E-state index contributed by atoms with van der Waals surface area (Å²) in [5, 5.41) is 35.3. The molecule has 5 heterocycles. The number of pyridine rings is 2. The molecule has 3 aliphatic heterocycles. The van der Waals surface area contributed by atoms with Crippen LogP contribution in [0.4, 0.5) is 9.18 Å². The molecule has 52 heavy (non-hydrogen) atoms. The average Bonchev–Trinajstić information content (AvgIpc) is 3.15. The minimum atomic E-state index is -1.02. The molecule has 0 radical (unpaired) electrons. The average molecular weight is 716 g/mol. The van der Waals surface area contributed by atoms with E-state index in [0.717, 1.165) is 77.4 Å². The van der Waals surface area contributed by atoms with Crippen molar-refractivity contribution in [2.45, 2.75) is 76.0 Å². The van der Waals surface area contributed by atoms with E-state index in [0.29, 0.717) is 53.0 Å². The van der Waals surface area contributed by atoms with Gasteiger partial charge in [0.25, 0.3) is 0 Å². The van der Waals surface area contributed by atoms with Gasteiger partial charge in [-0.05, 0) is 92.7 Å². The van der Waals surface area contributed by atoms with Crippen LogP contribution in [0, 0.1) is 11.7 Å². The number of carboxylic acid groups (broad SMARTS) is 1. The number of nitrogens with one attached hydrogen (secondary N) is 2. The molecule has 2 bridgehead atoms. The molecule has 278 valence electrons. The number of halogens is 1. The Kier molecular flexibility index (Phi) is 12.8. The van der Waals surface area contributed by atoms with Crippen LogP contribution in [-0.4, -0.2) is 86.6 Å². The van der Waals surface area contributed by atoms with E-state index in [-0.39, 0.29) is 23.3 Å². The zero-order valence-electron chi connectivity index (χ0n) is 29.6. The zero-order chi connectivity index (χ0) is 36.5. The Hall–Kier alpha value is -4.52.